The minimum atomic E-state index is -0.917. The quantitative estimate of drug-likeness (QED) is 0.810. The number of hydrogen-bond donors (Lipinski definition) is 2. The zero-order valence-corrected chi connectivity index (χ0v) is 9.35. The van der Waals surface area contributed by atoms with Crippen molar-refractivity contribution >= 4 is 28.6 Å². The van der Waals surface area contributed by atoms with E-state index in [1.807, 2.05) is 0 Å². The molecule has 0 bridgehead atoms. The first-order valence-corrected chi connectivity index (χ1v) is 5.60. The lowest BCUT2D eigenvalue weighted by Gasteiger charge is -2.06. The number of anilines is 2. The maximum atomic E-state index is 13.5. The molecule has 0 spiro atoms. The van der Waals surface area contributed by atoms with Gasteiger partial charge < -0.3 is 11.1 Å². The molecule has 6 heteroatoms. The highest BCUT2D eigenvalue weighted by molar-refractivity contribution is 7.08. The Balaban J connectivity index is 2.31. The lowest BCUT2D eigenvalue weighted by atomic mass is 10.1. The molecule has 2 aromatic rings. The van der Waals surface area contributed by atoms with Crippen molar-refractivity contribution in [2.75, 3.05) is 11.1 Å². The van der Waals surface area contributed by atoms with Gasteiger partial charge in [0.25, 0.3) is 5.91 Å². The standard InChI is InChI=1S/C11H8F2N2OS/c12-6-3-8(10(13)9(14)4-6)11(16)15-7-1-2-17-5-7/h1-5H,14H2,(H,15,16). The van der Waals surface area contributed by atoms with Crippen molar-refractivity contribution in [1.82, 2.24) is 0 Å². The Hall–Kier alpha value is -1.95. The summed E-state index contributed by atoms with van der Waals surface area (Å²) >= 11 is 1.38. The molecular weight excluding hydrogens is 246 g/mol. The fourth-order valence-corrected chi connectivity index (χ4v) is 1.90. The summed E-state index contributed by atoms with van der Waals surface area (Å²) in [5.74, 6) is -2.40. The minimum Gasteiger partial charge on any atom is -0.396 e. The third kappa shape index (κ3) is 2.42. The summed E-state index contributed by atoms with van der Waals surface area (Å²) in [6, 6.07) is 3.30. The van der Waals surface area contributed by atoms with Gasteiger partial charge in [0, 0.05) is 5.38 Å². The molecule has 1 amide bonds. The van der Waals surface area contributed by atoms with Crippen LogP contribution in [-0.4, -0.2) is 5.91 Å². The number of carbonyl (C=O) groups excluding carboxylic acids is 1. The Morgan fingerprint density at radius 2 is 2.12 bits per heavy atom. The number of amides is 1. The minimum absolute atomic E-state index is 0.388. The van der Waals surface area contributed by atoms with Crippen molar-refractivity contribution in [3.05, 3.63) is 46.2 Å². The molecule has 1 aromatic heterocycles. The lowest BCUT2D eigenvalue weighted by molar-refractivity contribution is 0.102. The van der Waals surface area contributed by atoms with Crippen molar-refractivity contribution < 1.29 is 13.6 Å². The summed E-state index contributed by atoms with van der Waals surface area (Å²) in [5.41, 5.74) is 4.97. The zero-order valence-electron chi connectivity index (χ0n) is 8.54. The van der Waals surface area contributed by atoms with Crippen LogP contribution >= 0.6 is 11.3 Å². The Kier molecular flexibility index (Phi) is 3.06. The fourth-order valence-electron chi connectivity index (χ4n) is 1.31. The van der Waals surface area contributed by atoms with E-state index in [1.165, 1.54) is 11.3 Å². The number of nitrogens with two attached hydrogens (primary N) is 1. The van der Waals surface area contributed by atoms with E-state index in [9.17, 15) is 13.6 Å². The van der Waals surface area contributed by atoms with Gasteiger partial charge in [0.2, 0.25) is 0 Å². The molecule has 0 fully saturated rings. The summed E-state index contributed by atoms with van der Waals surface area (Å²) in [6.45, 7) is 0. The maximum absolute atomic E-state index is 13.5. The van der Waals surface area contributed by atoms with E-state index in [1.54, 1.807) is 16.8 Å². The first kappa shape index (κ1) is 11.5. The fraction of sp³-hybridized carbons (Fsp3) is 0. The van der Waals surface area contributed by atoms with Crippen LogP contribution in [0, 0.1) is 11.6 Å². The van der Waals surface area contributed by atoms with E-state index in [4.69, 9.17) is 5.73 Å². The highest BCUT2D eigenvalue weighted by atomic mass is 32.1. The number of thiophene rings is 1. The van der Waals surface area contributed by atoms with Crippen LogP contribution in [0.1, 0.15) is 10.4 Å². The van der Waals surface area contributed by atoms with E-state index < -0.39 is 23.1 Å². The summed E-state index contributed by atoms with van der Waals surface area (Å²) in [6.07, 6.45) is 0. The molecule has 3 nitrogen and oxygen atoms in total. The normalized spacial score (nSPS) is 10.2. The number of halogens is 2. The summed E-state index contributed by atoms with van der Waals surface area (Å²) in [7, 11) is 0. The first-order chi connectivity index (χ1) is 8.08. The number of carbonyl (C=O) groups is 1. The number of rotatable bonds is 2. The molecule has 3 N–H and O–H groups in total. The molecule has 1 aromatic carbocycles. The van der Waals surface area contributed by atoms with Gasteiger partial charge in [0.05, 0.1) is 16.9 Å². The number of nitrogen functional groups attached to an aromatic ring is 1. The SMILES string of the molecule is Nc1cc(F)cc(C(=O)Nc2ccsc2)c1F. The van der Waals surface area contributed by atoms with Gasteiger partial charge in [-0.15, -0.1) is 0 Å². The van der Waals surface area contributed by atoms with Crippen molar-refractivity contribution in [3.8, 4) is 0 Å². The summed E-state index contributed by atoms with van der Waals surface area (Å²) < 4.78 is 26.5. The third-order valence-electron chi connectivity index (χ3n) is 2.09. The predicted octanol–water partition coefficient (Wildman–Crippen LogP) is 2.86. The number of hydrogen-bond acceptors (Lipinski definition) is 3. The Morgan fingerprint density at radius 1 is 1.35 bits per heavy atom. The van der Waals surface area contributed by atoms with Crippen LogP contribution < -0.4 is 11.1 Å². The second kappa shape index (κ2) is 4.50. The predicted molar refractivity (Wildman–Crippen MR) is 63.0 cm³/mol. The highest BCUT2D eigenvalue weighted by Crippen LogP contribution is 2.19. The number of benzene rings is 1. The molecule has 0 saturated heterocycles. The molecule has 0 atom stereocenters. The van der Waals surface area contributed by atoms with Crippen LogP contribution in [0.15, 0.2) is 29.0 Å². The van der Waals surface area contributed by atoms with E-state index in [-0.39, 0.29) is 5.69 Å². The van der Waals surface area contributed by atoms with E-state index in [2.05, 4.69) is 5.32 Å². The summed E-state index contributed by atoms with van der Waals surface area (Å²) in [5, 5.41) is 5.88. The van der Waals surface area contributed by atoms with Gasteiger partial charge in [-0.2, -0.15) is 11.3 Å². The molecule has 0 aliphatic carbocycles. The van der Waals surface area contributed by atoms with Gasteiger partial charge >= 0.3 is 0 Å². The average molecular weight is 254 g/mol. The largest absolute Gasteiger partial charge is 0.396 e. The monoisotopic (exact) mass is 254 g/mol. The van der Waals surface area contributed by atoms with Gasteiger partial charge in [-0.3, -0.25) is 4.79 Å². The smallest absolute Gasteiger partial charge is 0.258 e. The van der Waals surface area contributed by atoms with Gasteiger partial charge in [0.15, 0.2) is 5.82 Å². The summed E-state index contributed by atoms with van der Waals surface area (Å²) in [4.78, 5) is 11.7. The van der Waals surface area contributed by atoms with Crippen molar-refractivity contribution in [2.24, 2.45) is 0 Å². The molecule has 1 heterocycles. The lowest BCUT2D eigenvalue weighted by Crippen LogP contribution is -2.14. The van der Waals surface area contributed by atoms with Gasteiger partial charge in [-0.05, 0) is 23.6 Å². The second-order valence-corrected chi connectivity index (χ2v) is 4.10. The molecule has 0 aliphatic rings. The maximum Gasteiger partial charge on any atom is 0.258 e. The second-order valence-electron chi connectivity index (χ2n) is 3.32. The van der Waals surface area contributed by atoms with Crippen LogP contribution in [0.25, 0.3) is 0 Å². The van der Waals surface area contributed by atoms with Crippen molar-refractivity contribution in [3.63, 3.8) is 0 Å². The van der Waals surface area contributed by atoms with Crippen molar-refractivity contribution in [1.29, 1.82) is 0 Å². The van der Waals surface area contributed by atoms with Gasteiger partial charge in [-0.25, -0.2) is 8.78 Å². The molecule has 0 saturated carbocycles. The topological polar surface area (TPSA) is 55.1 Å². The Morgan fingerprint density at radius 3 is 2.76 bits per heavy atom. The molecule has 88 valence electrons. The number of nitrogens with one attached hydrogen (secondary N) is 1. The third-order valence-corrected chi connectivity index (χ3v) is 2.77. The van der Waals surface area contributed by atoms with Crippen molar-refractivity contribution in [2.45, 2.75) is 0 Å². The molecule has 17 heavy (non-hydrogen) atoms. The van der Waals surface area contributed by atoms with Crippen LogP contribution in [0.5, 0.6) is 0 Å². The molecular formula is C11H8F2N2OS. The molecule has 0 aliphatic heterocycles. The van der Waals surface area contributed by atoms with E-state index >= 15 is 0 Å². The first-order valence-electron chi connectivity index (χ1n) is 4.66. The average Bonchev–Trinajstić information content (AvgIpc) is 2.76. The Labute approximate surface area is 99.9 Å². The van der Waals surface area contributed by atoms with Gasteiger partial charge in [-0.1, -0.05) is 0 Å². The molecule has 0 radical (unpaired) electrons. The Bertz CT molecular complexity index is 555. The van der Waals surface area contributed by atoms with Crippen LogP contribution in [0.2, 0.25) is 0 Å². The molecule has 0 unspecified atom stereocenters. The van der Waals surface area contributed by atoms with E-state index in [0.29, 0.717) is 5.69 Å². The molecule has 2 rings (SSSR count). The zero-order chi connectivity index (χ0) is 12.4. The van der Waals surface area contributed by atoms with Crippen LogP contribution in [0.3, 0.4) is 0 Å². The highest BCUT2D eigenvalue weighted by Gasteiger charge is 2.16. The van der Waals surface area contributed by atoms with E-state index in [0.717, 1.165) is 12.1 Å². The van der Waals surface area contributed by atoms with Crippen LogP contribution in [-0.2, 0) is 0 Å². The van der Waals surface area contributed by atoms with Gasteiger partial charge in [0.1, 0.15) is 5.82 Å². The van der Waals surface area contributed by atoms with Crippen LogP contribution in [0.4, 0.5) is 20.2 Å².